The Morgan fingerprint density at radius 1 is 1.35 bits per heavy atom. The molecule has 4 heteroatoms. The Bertz CT molecular complexity index is 380. The second kappa shape index (κ2) is 5.36. The molecule has 1 aliphatic rings. The molecule has 1 aromatic carbocycles. The van der Waals surface area contributed by atoms with Gasteiger partial charge in [-0.25, -0.2) is 8.78 Å². The van der Waals surface area contributed by atoms with E-state index in [4.69, 9.17) is 0 Å². The summed E-state index contributed by atoms with van der Waals surface area (Å²) >= 11 is 0. The van der Waals surface area contributed by atoms with Crippen molar-refractivity contribution in [1.29, 1.82) is 0 Å². The zero-order chi connectivity index (χ0) is 12.3. The number of carbonyl (C=O) groups excluding carboxylic acids is 1. The first-order valence-corrected chi connectivity index (χ1v) is 5.78. The van der Waals surface area contributed by atoms with Crippen molar-refractivity contribution in [2.75, 3.05) is 6.54 Å². The van der Waals surface area contributed by atoms with Crippen molar-refractivity contribution in [3.63, 3.8) is 0 Å². The fourth-order valence-electron chi connectivity index (χ4n) is 2.30. The van der Waals surface area contributed by atoms with Crippen LogP contribution in [0.25, 0.3) is 0 Å². The van der Waals surface area contributed by atoms with Crippen molar-refractivity contribution in [1.82, 2.24) is 4.90 Å². The summed E-state index contributed by atoms with van der Waals surface area (Å²) in [7, 11) is 0. The molecule has 2 rings (SSSR count). The molecule has 0 aromatic heterocycles. The Morgan fingerprint density at radius 3 is 2.71 bits per heavy atom. The maximum atomic E-state index is 12.4. The van der Waals surface area contributed by atoms with Crippen molar-refractivity contribution in [3.8, 4) is 0 Å². The largest absolute Gasteiger partial charge is 0.297 e. The number of benzene rings is 1. The van der Waals surface area contributed by atoms with E-state index in [9.17, 15) is 13.6 Å². The van der Waals surface area contributed by atoms with Crippen molar-refractivity contribution in [2.24, 2.45) is 0 Å². The highest BCUT2D eigenvalue weighted by molar-refractivity contribution is 5.87. The lowest BCUT2D eigenvalue weighted by Gasteiger charge is -2.23. The van der Waals surface area contributed by atoms with E-state index in [2.05, 4.69) is 0 Å². The van der Waals surface area contributed by atoms with E-state index in [0.717, 1.165) is 18.5 Å². The van der Waals surface area contributed by atoms with E-state index in [0.29, 0.717) is 13.0 Å². The number of alkyl halides is 2. The van der Waals surface area contributed by atoms with Crippen LogP contribution in [0.4, 0.5) is 8.78 Å². The maximum Gasteiger partial charge on any atom is 0.297 e. The first-order chi connectivity index (χ1) is 8.18. The van der Waals surface area contributed by atoms with Crippen LogP contribution >= 0.6 is 0 Å². The molecule has 1 atom stereocenters. The average Bonchev–Trinajstić information content (AvgIpc) is 2.77. The predicted octanol–water partition coefficient (Wildman–Crippen LogP) is 2.49. The van der Waals surface area contributed by atoms with Crippen LogP contribution in [0.5, 0.6) is 0 Å². The van der Waals surface area contributed by atoms with Gasteiger partial charge in [-0.1, -0.05) is 30.3 Å². The van der Waals surface area contributed by atoms with Gasteiger partial charge in [-0.05, 0) is 24.9 Å². The lowest BCUT2D eigenvalue weighted by molar-refractivity contribution is -0.134. The number of nitrogens with zero attached hydrogens (tertiary/aromatic N) is 1. The SMILES string of the molecule is O=C(C(F)F)C1CCCN1Cc1ccccc1. The highest BCUT2D eigenvalue weighted by Gasteiger charge is 2.34. The van der Waals surface area contributed by atoms with Crippen LogP contribution in [0.3, 0.4) is 0 Å². The minimum atomic E-state index is -2.85. The van der Waals surface area contributed by atoms with E-state index in [-0.39, 0.29) is 0 Å². The highest BCUT2D eigenvalue weighted by atomic mass is 19.3. The van der Waals surface area contributed by atoms with Crippen LogP contribution in [0.2, 0.25) is 0 Å². The minimum Gasteiger partial charge on any atom is -0.291 e. The van der Waals surface area contributed by atoms with E-state index < -0.39 is 18.3 Å². The number of carbonyl (C=O) groups is 1. The first-order valence-electron chi connectivity index (χ1n) is 5.78. The van der Waals surface area contributed by atoms with E-state index in [1.165, 1.54) is 0 Å². The number of hydrogen-bond donors (Lipinski definition) is 0. The van der Waals surface area contributed by atoms with E-state index in [1.807, 2.05) is 35.2 Å². The monoisotopic (exact) mass is 239 g/mol. The van der Waals surface area contributed by atoms with Crippen LogP contribution in [-0.2, 0) is 11.3 Å². The third-order valence-electron chi connectivity index (χ3n) is 3.14. The van der Waals surface area contributed by atoms with Gasteiger partial charge in [-0.3, -0.25) is 9.69 Å². The molecule has 0 spiro atoms. The minimum absolute atomic E-state index is 0.552. The third kappa shape index (κ3) is 2.88. The summed E-state index contributed by atoms with van der Waals surface area (Å²) in [5, 5.41) is 0. The second-order valence-electron chi connectivity index (χ2n) is 4.32. The molecule has 1 saturated heterocycles. The van der Waals surface area contributed by atoms with Gasteiger partial charge in [0.2, 0.25) is 5.78 Å². The van der Waals surface area contributed by atoms with Crippen LogP contribution in [0.15, 0.2) is 30.3 Å². The molecule has 1 aromatic rings. The van der Waals surface area contributed by atoms with Gasteiger partial charge >= 0.3 is 0 Å². The molecule has 0 aliphatic carbocycles. The molecule has 1 unspecified atom stereocenters. The standard InChI is InChI=1S/C13H15F2NO/c14-13(15)12(17)11-7-4-8-16(11)9-10-5-2-1-3-6-10/h1-3,5-6,11,13H,4,7-9H2. The summed E-state index contributed by atoms with van der Waals surface area (Å²) in [4.78, 5) is 13.2. The summed E-state index contributed by atoms with van der Waals surface area (Å²) in [5.41, 5.74) is 1.06. The van der Waals surface area contributed by atoms with E-state index in [1.54, 1.807) is 0 Å². The van der Waals surface area contributed by atoms with Gasteiger partial charge in [0.1, 0.15) is 0 Å². The number of ketones is 1. The van der Waals surface area contributed by atoms with Gasteiger partial charge in [0.15, 0.2) is 0 Å². The zero-order valence-electron chi connectivity index (χ0n) is 9.48. The van der Waals surface area contributed by atoms with Gasteiger partial charge in [0.05, 0.1) is 6.04 Å². The van der Waals surface area contributed by atoms with Gasteiger partial charge in [-0.2, -0.15) is 0 Å². The zero-order valence-corrected chi connectivity index (χ0v) is 9.48. The lowest BCUT2D eigenvalue weighted by atomic mass is 10.1. The molecule has 92 valence electrons. The normalized spacial score (nSPS) is 21.0. The smallest absolute Gasteiger partial charge is 0.291 e. The van der Waals surface area contributed by atoms with Gasteiger partial charge in [-0.15, -0.1) is 0 Å². The first kappa shape index (κ1) is 12.2. The third-order valence-corrected chi connectivity index (χ3v) is 3.14. The Hall–Kier alpha value is -1.29. The summed E-state index contributed by atoms with van der Waals surface area (Å²) in [6.07, 6.45) is -1.48. The number of hydrogen-bond acceptors (Lipinski definition) is 2. The number of likely N-dealkylation sites (tertiary alicyclic amines) is 1. The van der Waals surface area contributed by atoms with Crippen molar-refractivity contribution < 1.29 is 13.6 Å². The number of Topliss-reactive ketones (excluding diaryl/α,β-unsaturated/α-hetero) is 1. The molecule has 0 amide bonds. The predicted molar refractivity (Wildman–Crippen MR) is 60.9 cm³/mol. The van der Waals surface area contributed by atoms with E-state index >= 15 is 0 Å². The molecule has 1 heterocycles. The molecule has 0 bridgehead atoms. The second-order valence-corrected chi connectivity index (χ2v) is 4.32. The molecule has 0 saturated carbocycles. The summed E-state index contributed by atoms with van der Waals surface area (Å²) in [6, 6.07) is 9.03. The quantitative estimate of drug-likeness (QED) is 0.804. The van der Waals surface area contributed by atoms with Crippen molar-refractivity contribution >= 4 is 5.78 Å². The fraction of sp³-hybridized carbons (Fsp3) is 0.462. The van der Waals surface area contributed by atoms with Crippen molar-refractivity contribution in [3.05, 3.63) is 35.9 Å². The molecule has 1 aliphatic heterocycles. The Kier molecular flexibility index (Phi) is 3.84. The van der Waals surface area contributed by atoms with Gasteiger partial charge in [0.25, 0.3) is 6.43 Å². The average molecular weight is 239 g/mol. The molecular weight excluding hydrogens is 224 g/mol. The molecule has 0 N–H and O–H groups in total. The molecule has 2 nitrogen and oxygen atoms in total. The Balaban J connectivity index is 2.03. The molecule has 17 heavy (non-hydrogen) atoms. The molecule has 0 radical (unpaired) electrons. The summed E-state index contributed by atoms with van der Waals surface area (Å²) in [5.74, 6) is -0.932. The van der Waals surface area contributed by atoms with Crippen LogP contribution in [0.1, 0.15) is 18.4 Å². The number of halogens is 2. The highest BCUT2D eigenvalue weighted by Crippen LogP contribution is 2.22. The van der Waals surface area contributed by atoms with Crippen LogP contribution < -0.4 is 0 Å². The maximum absolute atomic E-state index is 12.4. The summed E-state index contributed by atoms with van der Waals surface area (Å²) in [6.45, 7) is 1.29. The van der Waals surface area contributed by atoms with Gasteiger partial charge in [0, 0.05) is 6.54 Å². The summed E-state index contributed by atoms with van der Waals surface area (Å²) < 4.78 is 24.8. The van der Waals surface area contributed by atoms with Crippen molar-refractivity contribution in [2.45, 2.75) is 31.9 Å². The fourth-order valence-corrected chi connectivity index (χ4v) is 2.30. The lowest BCUT2D eigenvalue weighted by Crippen LogP contribution is -2.38. The molecule has 1 fully saturated rings. The Labute approximate surface area is 99.2 Å². The van der Waals surface area contributed by atoms with Crippen LogP contribution in [-0.4, -0.2) is 29.7 Å². The topological polar surface area (TPSA) is 20.3 Å². The van der Waals surface area contributed by atoms with Gasteiger partial charge < -0.3 is 0 Å². The molecular formula is C13H15F2NO. The van der Waals surface area contributed by atoms with Crippen LogP contribution in [0, 0.1) is 0 Å². The number of rotatable bonds is 4. The Morgan fingerprint density at radius 2 is 2.06 bits per heavy atom.